The summed E-state index contributed by atoms with van der Waals surface area (Å²) in [5.74, 6) is 0.0752. The molecule has 1 aliphatic rings. The lowest BCUT2D eigenvalue weighted by Crippen LogP contribution is -2.40. The summed E-state index contributed by atoms with van der Waals surface area (Å²) in [7, 11) is 0. The van der Waals surface area contributed by atoms with Crippen LogP contribution in [0.3, 0.4) is 0 Å². The van der Waals surface area contributed by atoms with E-state index in [9.17, 15) is 4.79 Å². The van der Waals surface area contributed by atoms with Crippen molar-refractivity contribution in [2.75, 3.05) is 6.61 Å². The molecule has 0 spiro atoms. The molecular formula is C10H19NO2. The van der Waals surface area contributed by atoms with Crippen molar-refractivity contribution in [3.63, 3.8) is 0 Å². The zero-order valence-electron chi connectivity index (χ0n) is 8.51. The van der Waals surface area contributed by atoms with Gasteiger partial charge in [0.1, 0.15) is 6.10 Å². The number of hydrogen-bond donors (Lipinski definition) is 1. The molecule has 1 N–H and O–H groups in total. The second-order valence-electron chi connectivity index (χ2n) is 3.52. The van der Waals surface area contributed by atoms with Crippen molar-refractivity contribution in [2.24, 2.45) is 0 Å². The van der Waals surface area contributed by atoms with Crippen LogP contribution in [0.15, 0.2) is 0 Å². The van der Waals surface area contributed by atoms with Crippen LogP contribution < -0.4 is 5.32 Å². The van der Waals surface area contributed by atoms with Crippen LogP contribution in [0.5, 0.6) is 0 Å². The standard InChI is InChI=1S/C10H19NO2/c1-3-8(4-2)11-10(12)9-6-5-7-13-9/h8-9H,3-7H2,1-2H3,(H,11,12)/t9-/m0/s1. The first-order valence-corrected chi connectivity index (χ1v) is 5.19. The lowest BCUT2D eigenvalue weighted by Gasteiger charge is -2.17. The monoisotopic (exact) mass is 185 g/mol. The Kier molecular flexibility index (Phi) is 4.22. The number of amides is 1. The Morgan fingerprint density at radius 3 is 2.69 bits per heavy atom. The first-order chi connectivity index (χ1) is 6.27. The zero-order valence-corrected chi connectivity index (χ0v) is 8.51. The maximum absolute atomic E-state index is 11.5. The maximum atomic E-state index is 11.5. The predicted molar refractivity (Wildman–Crippen MR) is 51.5 cm³/mol. The average Bonchev–Trinajstić information content (AvgIpc) is 2.66. The number of carbonyl (C=O) groups is 1. The number of ether oxygens (including phenoxy) is 1. The molecule has 1 rings (SSSR count). The molecule has 0 aliphatic carbocycles. The SMILES string of the molecule is CCC(CC)NC(=O)[C@@H]1CCCO1. The van der Waals surface area contributed by atoms with Gasteiger partial charge in [-0.05, 0) is 25.7 Å². The van der Waals surface area contributed by atoms with Crippen LogP contribution in [0, 0.1) is 0 Å². The van der Waals surface area contributed by atoms with E-state index in [2.05, 4.69) is 19.2 Å². The Bertz CT molecular complexity index is 160. The molecule has 1 amide bonds. The van der Waals surface area contributed by atoms with Gasteiger partial charge in [0.05, 0.1) is 0 Å². The molecule has 1 heterocycles. The van der Waals surface area contributed by atoms with E-state index < -0.39 is 0 Å². The number of carbonyl (C=O) groups excluding carboxylic acids is 1. The molecule has 1 saturated heterocycles. The molecule has 13 heavy (non-hydrogen) atoms. The highest BCUT2D eigenvalue weighted by molar-refractivity contribution is 5.81. The van der Waals surface area contributed by atoms with Crippen LogP contribution in [0.1, 0.15) is 39.5 Å². The van der Waals surface area contributed by atoms with E-state index in [0.29, 0.717) is 6.04 Å². The first-order valence-electron chi connectivity index (χ1n) is 5.19. The minimum absolute atomic E-state index is 0.0752. The van der Waals surface area contributed by atoms with Crippen molar-refractivity contribution in [3.8, 4) is 0 Å². The highest BCUT2D eigenvalue weighted by Crippen LogP contribution is 2.12. The molecule has 76 valence electrons. The lowest BCUT2D eigenvalue weighted by molar-refractivity contribution is -0.130. The van der Waals surface area contributed by atoms with Crippen LogP contribution in [0.4, 0.5) is 0 Å². The second kappa shape index (κ2) is 5.22. The Balaban J connectivity index is 2.30. The van der Waals surface area contributed by atoms with E-state index in [1.807, 2.05) is 0 Å². The normalized spacial score (nSPS) is 22.2. The summed E-state index contributed by atoms with van der Waals surface area (Å²) < 4.78 is 5.29. The van der Waals surface area contributed by atoms with E-state index in [1.54, 1.807) is 0 Å². The summed E-state index contributed by atoms with van der Waals surface area (Å²) in [6.07, 6.45) is 3.71. The third-order valence-electron chi connectivity index (χ3n) is 2.55. The summed E-state index contributed by atoms with van der Waals surface area (Å²) in [5, 5.41) is 2.99. The minimum Gasteiger partial charge on any atom is -0.368 e. The first kappa shape index (κ1) is 10.5. The quantitative estimate of drug-likeness (QED) is 0.720. The van der Waals surface area contributed by atoms with Crippen molar-refractivity contribution in [3.05, 3.63) is 0 Å². The molecule has 0 aromatic heterocycles. The van der Waals surface area contributed by atoms with Gasteiger partial charge in [0.15, 0.2) is 0 Å². The molecule has 0 unspecified atom stereocenters. The zero-order chi connectivity index (χ0) is 9.68. The molecule has 0 saturated carbocycles. The molecule has 1 atom stereocenters. The van der Waals surface area contributed by atoms with Crippen LogP contribution in [0.2, 0.25) is 0 Å². The maximum Gasteiger partial charge on any atom is 0.249 e. The molecule has 0 aromatic rings. The van der Waals surface area contributed by atoms with Gasteiger partial charge in [0.25, 0.3) is 0 Å². The molecule has 3 nitrogen and oxygen atoms in total. The molecular weight excluding hydrogens is 166 g/mol. The van der Waals surface area contributed by atoms with Gasteiger partial charge in [-0.1, -0.05) is 13.8 Å². The van der Waals surface area contributed by atoms with Gasteiger partial charge in [0, 0.05) is 12.6 Å². The van der Waals surface area contributed by atoms with Gasteiger partial charge in [-0.2, -0.15) is 0 Å². The highest BCUT2D eigenvalue weighted by Gasteiger charge is 2.24. The van der Waals surface area contributed by atoms with Gasteiger partial charge < -0.3 is 10.1 Å². The fraction of sp³-hybridized carbons (Fsp3) is 0.900. The van der Waals surface area contributed by atoms with E-state index in [4.69, 9.17) is 4.74 Å². The van der Waals surface area contributed by atoms with Crippen molar-refractivity contribution in [2.45, 2.75) is 51.7 Å². The van der Waals surface area contributed by atoms with E-state index in [0.717, 1.165) is 32.3 Å². The highest BCUT2D eigenvalue weighted by atomic mass is 16.5. The molecule has 0 radical (unpaired) electrons. The Morgan fingerprint density at radius 1 is 1.54 bits per heavy atom. The number of nitrogens with one attached hydrogen (secondary N) is 1. The van der Waals surface area contributed by atoms with Crippen LogP contribution in [-0.4, -0.2) is 24.7 Å². The third kappa shape index (κ3) is 2.99. The van der Waals surface area contributed by atoms with Crippen molar-refractivity contribution in [1.29, 1.82) is 0 Å². The van der Waals surface area contributed by atoms with Gasteiger partial charge in [0.2, 0.25) is 5.91 Å². The molecule has 1 fully saturated rings. The largest absolute Gasteiger partial charge is 0.368 e. The van der Waals surface area contributed by atoms with E-state index >= 15 is 0 Å². The van der Waals surface area contributed by atoms with Crippen molar-refractivity contribution < 1.29 is 9.53 Å². The fourth-order valence-corrected chi connectivity index (χ4v) is 1.57. The van der Waals surface area contributed by atoms with Gasteiger partial charge in [-0.3, -0.25) is 4.79 Å². The molecule has 0 bridgehead atoms. The third-order valence-corrected chi connectivity index (χ3v) is 2.55. The van der Waals surface area contributed by atoms with Gasteiger partial charge >= 0.3 is 0 Å². The average molecular weight is 185 g/mol. The number of hydrogen-bond acceptors (Lipinski definition) is 2. The van der Waals surface area contributed by atoms with Gasteiger partial charge in [-0.15, -0.1) is 0 Å². The fourth-order valence-electron chi connectivity index (χ4n) is 1.57. The Hall–Kier alpha value is -0.570. The summed E-state index contributed by atoms with van der Waals surface area (Å²) in [6, 6.07) is 0.316. The summed E-state index contributed by atoms with van der Waals surface area (Å²) in [6.45, 7) is 4.91. The molecule has 1 aliphatic heterocycles. The number of rotatable bonds is 4. The molecule has 3 heteroatoms. The Labute approximate surface area is 79.8 Å². The van der Waals surface area contributed by atoms with Crippen molar-refractivity contribution >= 4 is 5.91 Å². The summed E-state index contributed by atoms with van der Waals surface area (Å²) >= 11 is 0. The van der Waals surface area contributed by atoms with Crippen LogP contribution in [0.25, 0.3) is 0 Å². The van der Waals surface area contributed by atoms with E-state index in [1.165, 1.54) is 0 Å². The van der Waals surface area contributed by atoms with Crippen LogP contribution in [-0.2, 0) is 9.53 Å². The lowest BCUT2D eigenvalue weighted by atomic mass is 10.1. The Morgan fingerprint density at radius 2 is 2.23 bits per heavy atom. The predicted octanol–water partition coefficient (Wildman–Crippen LogP) is 1.47. The summed E-state index contributed by atoms with van der Waals surface area (Å²) in [4.78, 5) is 11.5. The van der Waals surface area contributed by atoms with Crippen molar-refractivity contribution in [1.82, 2.24) is 5.32 Å². The smallest absolute Gasteiger partial charge is 0.249 e. The topological polar surface area (TPSA) is 38.3 Å². The molecule has 0 aromatic carbocycles. The second-order valence-corrected chi connectivity index (χ2v) is 3.52. The van der Waals surface area contributed by atoms with Crippen LogP contribution >= 0.6 is 0 Å². The summed E-state index contributed by atoms with van der Waals surface area (Å²) in [5.41, 5.74) is 0. The van der Waals surface area contributed by atoms with E-state index in [-0.39, 0.29) is 12.0 Å². The minimum atomic E-state index is -0.180. The van der Waals surface area contributed by atoms with Gasteiger partial charge in [-0.25, -0.2) is 0 Å².